The van der Waals surface area contributed by atoms with Crippen LogP contribution in [0.15, 0.2) is 53.4 Å². The zero-order valence-corrected chi connectivity index (χ0v) is 18.0. The fourth-order valence-corrected chi connectivity index (χ4v) is 4.10. The fourth-order valence-electron chi connectivity index (χ4n) is 3.07. The summed E-state index contributed by atoms with van der Waals surface area (Å²) in [6.45, 7) is 1.08. The van der Waals surface area contributed by atoms with E-state index >= 15 is 0 Å². The maximum absolute atomic E-state index is 12.9. The van der Waals surface area contributed by atoms with Gasteiger partial charge in [0.25, 0.3) is 5.91 Å². The Balaban J connectivity index is 1.43. The number of halogens is 4. The highest BCUT2D eigenvalue weighted by Gasteiger charge is 2.31. The monoisotopic (exact) mass is 472 g/mol. The number of hydrogen-bond acceptors (Lipinski definition) is 5. The number of nitrogens with zero attached hydrogens (tertiary/aromatic N) is 2. The second kappa shape index (κ2) is 10.3. The van der Waals surface area contributed by atoms with Gasteiger partial charge in [0.1, 0.15) is 0 Å². The van der Waals surface area contributed by atoms with Crippen LogP contribution in [-0.4, -0.2) is 55.3 Å². The van der Waals surface area contributed by atoms with Crippen molar-refractivity contribution < 1.29 is 27.5 Å². The average Bonchev–Trinajstić information content (AvgIpc) is 2.76. The molecular weight excluding hydrogens is 453 g/mol. The van der Waals surface area contributed by atoms with E-state index < -0.39 is 17.7 Å². The first kappa shape index (κ1) is 23.3. The molecule has 2 aromatic carbocycles. The first-order valence-corrected chi connectivity index (χ1v) is 10.8. The molecule has 1 saturated heterocycles. The van der Waals surface area contributed by atoms with Crippen LogP contribution < -0.4 is 4.90 Å². The van der Waals surface area contributed by atoms with E-state index in [-0.39, 0.29) is 18.3 Å². The third-order valence-electron chi connectivity index (χ3n) is 4.71. The maximum atomic E-state index is 12.9. The van der Waals surface area contributed by atoms with E-state index in [4.69, 9.17) is 16.3 Å². The SMILES string of the molecule is O=C(CSc1ccccc1Cl)OCC(=O)N1CCN(c2cccc(C(F)(F)F)c2)CC1. The summed E-state index contributed by atoms with van der Waals surface area (Å²) in [5.41, 5.74) is -0.241. The van der Waals surface area contributed by atoms with Crippen molar-refractivity contribution in [2.75, 3.05) is 43.4 Å². The molecule has 1 aliphatic rings. The Bertz CT molecular complexity index is 934. The van der Waals surface area contributed by atoms with Crippen LogP contribution in [-0.2, 0) is 20.5 Å². The number of hydrogen-bond donors (Lipinski definition) is 0. The highest BCUT2D eigenvalue weighted by Crippen LogP contribution is 2.32. The van der Waals surface area contributed by atoms with Gasteiger partial charge >= 0.3 is 12.1 Å². The third kappa shape index (κ3) is 6.54. The van der Waals surface area contributed by atoms with E-state index in [1.165, 1.54) is 17.8 Å². The van der Waals surface area contributed by atoms with Crippen molar-refractivity contribution in [1.29, 1.82) is 0 Å². The van der Waals surface area contributed by atoms with E-state index in [2.05, 4.69) is 0 Å². The average molecular weight is 473 g/mol. The van der Waals surface area contributed by atoms with Gasteiger partial charge in [-0.05, 0) is 30.3 Å². The molecule has 0 saturated carbocycles. The van der Waals surface area contributed by atoms with Crippen LogP contribution in [0.3, 0.4) is 0 Å². The molecule has 166 valence electrons. The van der Waals surface area contributed by atoms with Crippen LogP contribution in [0.5, 0.6) is 0 Å². The number of amides is 1. The largest absolute Gasteiger partial charge is 0.455 e. The third-order valence-corrected chi connectivity index (χ3v) is 6.20. The molecule has 10 heteroatoms. The molecule has 0 aromatic heterocycles. The quantitative estimate of drug-likeness (QED) is 0.462. The van der Waals surface area contributed by atoms with Crippen LogP contribution in [0.4, 0.5) is 18.9 Å². The van der Waals surface area contributed by atoms with Gasteiger partial charge in [-0.3, -0.25) is 9.59 Å². The lowest BCUT2D eigenvalue weighted by atomic mass is 10.1. The first-order valence-electron chi connectivity index (χ1n) is 9.47. The van der Waals surface area contributed by atoms with Crippen LogP contribution in [0.2, 0.25) is 5.02 Å². The second-order valence-electron chi connectivity index (χ2n) is 6.80. The molecule has 0 atom stereocenters. The summed E-state index contributed by atoms with van der Waals surface area (Å²) in [6.07, 6.45) is -4.40. The summed E-state index contributed by atoms with van der Waals surface area (Å²) >= 11 is 7.26. The number of carbonyl (C=O) groups excluding carboxylic acids is 2. The topological polar surface area (TPSA) is 49.9 Å². The minimum atomic E-state index is -4.40. The highest BCUT2D eigenvalue weighted by atomic mass is 35.5. The molecule has 0 aliphatic carbocycles. The number of esters is 1. The van der Waals surface area contributed by atoms with Crippen molar-refractivity contribution in [3.05, 3.63) is 59.1 Å². The fraction of sp³-hybridized carbons (Fsp3) is 0.333. The number of thioether (sulfide) groups is 1. The molecule has 2 aromatic rings. The molecule has 0 bridgehead atoms. The van der Waals surface area contributed by atoms with Crippen molar-refractivity contribution in [2.24, 2.45) is 0 Å². The zero-order chi connectivity index (χ0) is 22.4. The molecule has 5 nitrogen and oxygen atoms in total. The molecule has 1 amide bonds. The summed E-state index contributed by atoms with van der Waals surface area (Å²) in [5, 5.41) is 0.537. The Labute approximate surface area is 187 Å². The number of ether oxygens (including phenoxy) is 1. The van der Waals surface area contributed by atoms with Gasteiger partial charge in [-0.2, -0.15) is 13.2 Å². The second-order valence-corrected chi connectivity index (χ2v) is 8.22. The smallest absolute Gasteiger partial charge is 0.416 e. The van der Waals surface area contributed by atoms with Crippen LogP contribution in [0.25, 0.3) is 0 Å². The Morgan fingerprint density at radius 2 is 1.74 bits per heavy atom. The Kier molecular flexibility index (Phi) is 7.72. The van der Waals surface area contributed by atoms with Crippen LogP contribution >= 0.6 is 23.4 Å². The van der Waals surface area contributed by atoms with Gasteiger partial charge in [-0.25, -0.2) is 0 Å². The summed E-state index contributed by atoms with van der Waals surface area (Å²) in [6, 6.07) is 12.2. The van der Waals surface area contributed by atoms with Gasteiger partial charge in [0.15, 0.2) is 6.61 Å². The lowest BCUT2D eigenvalue weighted by Crippen LogP contribution is -2.50. The predicted octanol–water partition coefficient (Wildman–Crippen LogP) is 4.34. The summed E-state index contributed by atoms with van der Waals surface area (Å²) in [4.78, 5) is 28.3. The molecule has 3 rings (SSSR count). The van der Waals surface area contributed by atoms with Gasteiger partial charge in [0.2, 0.25) is 0 Å². The molecule has 1 heterocycles. The van der Waals surface area contributed by atoms with Gasteiger partial charge in [0.05, 0.1) is 16.3 Å². The van der Waals surface area contributed by atoms with Crippen LogP contribution in [0.1, 0.15) is 5.56 Å². The normalized spacial score (nSPS) is 14.5. The summed E-state index contributed by atoms with van der Waals surface area (Å²) in [5.74, 6) is -0.832. The summed E-state index contributed by atoms with van der Waals surface area (Å²) < 4.78 is 43.8. The minimum Gasteiger partial charge on any atom is -0.455 e. The molecule has 0 unspecified atom stereocenters. The van der Waals surface area contributed by atoms with Crippen LogP contribution in [0, 0.1) is 0 Å². The number of alkyl halides is 3. The van der Waals surface area contributed by atoms with E-state index in [9.17, 15) is 22.8 Å². The van der Waals surface area contributed by atoms with Crippen molar-refractivity contribution in [1.82, 2.24) is 4.90 Å². The zero-order valence-electron chi connectivity index (χ0n) is 16.4. The Morgan fingerprint density at radius 1 is 1.03 bits per heavy atom. The molecule has 1 aliphatic heterocycles. The molecule has 0 N–H and O–H groups in total. The number of anilines is 1. The van der Waals surface area contributed by atoms with Crippen molar-refractivity contribution >= 4 is 40.9 Å². The van der Waals surface area contributed by atoms with Crippen molar-refractivity contribution in [3.63, 3.8) is 0 Å². The Morgan fingerprint density at radius 3 is 2.42 bits per heavy atom. The van der Waals surface area contributed by atoms with E-state index in [0.717, 1.165) is 17.0 Å². The van der Waals surface area contributed by atoms with Gasteiger partial charge in [0, 0.05) is 36.8 Å². The molecule has 0 radical (unpaired) electrons. The van der Waals surface area contributed by atoms with Gasteiger partial charge < -0.3 is 14.5 Å². The summed E-state index contributed by atoms with van der Waals surface area (Å²) in [7, 11) is 0. The molecular formula is C21H20ClF3N2O3S. The lowest BCUT2D eigenvalue weighted by Gasteiger charge is -2.36. The highest BCUT2D eigenvalue weighted by molar-refractivity contribution is 8.00. The van der Waals surface area contributed by atoms with Gasteiger partial charge in [-0.1, -0.05) is 29.8 Å². The number of benzene rings is 2. The van der Waals surface area contributed by atoms with Gasteiger partial charge in [-0.15, -0.1) is 11.8 Å². The van der Waals surface area contributed by atoms with E-state index in [0.29, 0.717) is 36.9 Å². The lowest BCUT2D eigenvalue weighted by molar-refractivity contribution is -0.150. The molecule has 1 fully saturated rings. The van der Waals surface area contributed by atoms with Crippen molar-refractivity contribution in [3.8, 4) is 0 Å². The van der Waals surface area contributed by atoms with E-state index in [1.54, 1.807) is 34.1 Å². The number of carbonyl (C=O) groups is 2. The molecule has 0 spiro atoms. The van der Waals surface area contributed by atoms with E-state index in [1.807, 2.05) is 6.07 Å². The standard InChI is InChI=1S/C21H20ClF3N2O3S/c22-17-6-1-2-7-18(17)31-14-20(29)30-13-19(28)27-10-8-26(9-11-27)16-5-3-4-15(12-16)21(23,24)25/h1-7,12H,8-11,13-14H2. The Hall–Kier alpha value is -2.39. The predicted molar refractivity (Wildman–Crippen MR) is 113 cm³/mol. The molecule has 31 heavy (non-hydrogen) atoms. The maximum Gasteiger partial charge on any atom is 0.416 e. The number of piperazine rings is 1. The number of rotatable bonds is 6. The van der Waals surface area contributed by atoms with Crippen molar-refractivity contribution in [2.45, 2.75) is 11.1 Å². The minimum absolute atomic E-state index is 0.0281. The first-order chi connectivity index (χ1) is 14.7.